The Morgan fingerprint density at radius 1 is 1.33 bits per heavy atom. The number of benzene rings is 1. The second-order valence-corrected chi connectivity index (χ2v) is 6.78. The minimum Gasteiger partial charge on any atom is -0.467 e. The van der Waals surface area contributed by atoms with Crippen LogP contribution in [0, 0.1) is 0 Å². The summed E-state index contributed by atoms with van der Waals surface area (Å²) in [6, 6.07) is 9.34. The van der Waals surface area contributed by atoms with Crippen molar-refractivity contribution in [3.63, 3.8) is 0 Å². The van der Waals surface area contributed by atoms with Crippen LogP contribution in [0.15, 0.2) is 58.6 Å². The Hall–Kier alpha value is -2.88. The zero-order valence-corrected chi connectivity index (χ0v) is 15.0. The number of aromatic nitrogens is 3. The topological polar surface area (TPSA) is 82.2 Å². The van der Waals surface area contributed by atoms with Gasteiger partial charge in [0.1, 0.15) is 17.8 Å². The molecule has 0 aliphatic heterocycles. The summed E-state index contributed by atoms with van der Waals surface area (Å²) >= 11 is 1.25. The highest BCUT2D eigenvalue weighted by Crippen LogP contribution is 2.24. The number of thioether (sulfide) groups is 1. The van der Waals surface area contributed by atoms with Crippen LogP contribution in [0.4, 0.5) is 14.5 Å². The molecular formula is C17H16F2N4O3S. The first-order valence-electron chi connectivity index (χ1n) is 7.94. The second-order valence-electron chi connectivity index (χ2n) is 5.47. The lowest BCUT2D eigenvalue weighted by molar-refractivity contribution is -0.115. The van der Waals surface area contributed by atoms with E-state index in [1.165, 1.54) is 36.0 Å². The van der Waals surface area contributed by atoms with Gasteiger partial charge in [-0.15, -0.1) is 10.2 Å². The van der Waals surface area contributed by atoms with Gasteiger partial charge in [-0.3, -0.25) is 4.79 Å². The standard InChI is InChI=1S/C17H16F2N4O3S/c1-11(15(24)21-12-4-6-13(7-5-12)26-16(18)19)27-17-22-20-10-23(17)9-14-3-2-8-25-14/h2-8,10-11,16H,9H2,1H3,(H,21,24). The normalized spacial score (nSPS) is 12.1. The fraction of sp³-hybridized carbons (Fsp3) is 0.235. The zero-order chi connectivity index (χ0) is 19.2. The largest absolute Gasteiger partial charge is 0.467 e. The number of carbonyl (C=O) groups is 1. The van der Waals surface area contributed by atoms with Crippen LogP contribution in [0.25, 0.3) is 0 Å². The molecule has 2 aromatic heterocycles. The average molecular weight is 394 g/mol. The molecule has 1 amide bonds. The van der Waals surface area contributed by atoms with Crippen molar-refractivity contribution in [3.05, 3.63) is 54.7 Å². The second kappa shape index (κ2) is 8.67. The number of nitrogens with zero attached hydrogens (tertiary/aromatic N) is 3. The van der Waals surface area contributed by atoms with Gasteiger partial charge in [-0.2, -0.15) is 8.78 Å². The summed E-state index contributed by atoms with van der Waals surface area (Å²) in [7, 11) is 0. The quantitative estimate of drug-likeness (QED) is 0.588. The van der Waals surface area contributed by atoms with Crippen LogP contribution in [0.3, 0.4) is 0 Å². The van der Waals surface area contributed by atoms with Crippen LogP contribution in [0.5, 0.6) is 5.75 Å². The van der Waals surface area contributed by atoms with Gasteiger partial charge in [0.05, 0.1) is 18.1 Å². The summed E-state index contributed by atoms with van der Waals surface area (Å²) in [5.74, 6) is 0.520. The number of furan rings is 1. The number of hydrogen-bond donors (Lipinski definition) is 1. The molecule has 1 atom stereocenters. The number of carbonyl (C=O) groups excluding carboxylic acids is 1. The molecule has 0 saturated carbocycles. The van der Waals surface area contributed by atoms with Crippen LogP contribution >= 0.6 is 11.8 Å². The summed E-state index contributed by atoms with van der Waals surface area (Å²) in [4.78, 5) is 12.4. The van der Waals surface area contributed by atoms with Crippen molar-refractivity contribution < 1.29 is 22.7 Å². The van der Waals surface area contributed by atoms with Crippen molar-refractivity contribution in [2.45, 2.75) is 30.5 Å². The molecular weight excluding hydrogens is 378 g/mol. The number of alkyl halides is 2. The van der Waals surface area contributed by atoms with Gasteiger partial charge >= 0.3 is 6.61 Å². The number of nitrogens with one attached hydrogen (secondary N) is 1. The summed E-state index contributed by atoms with van der Waals surface area (Å²) in [6.45, 7) is -0.692. The Labute approximate surface area is 157 Å². The smallest absolute Gasteiger partial charge is 0.387 e. The number of anilines is 1. The lowest BCUT2D eigenvalue weighted by Gasteiger charge is -2.12. The molecule has 0 aliphatic rings. The Kier molecular flexibility index (Phi) is 6.07. The monoisotopic (exact) mass is 394 g/mol. The Balaban J connectivity index is 1.57. The van der Waals surface area contributed by atoms with E-state index in [0.717, 1.165) is 5.76 Å². The van der Waals surface area contributed by atoms with Crippen LogP contribution < -0.4 is 10.1 Å². The zero-order valence-electron chi connectivity index (χ0n) is 14.2. The number of ether oxygens (including phenoxy) is 1. The fourth-order valence-corrected chi connectivity index (χ4v) is 3.01. The summed E-state index contributed by atoms with van der Waals surface area (Å²) in [5, 5.41) is 10.8. The maximum Gasteiger partial charge on any atom is 0.387 e. The fourth-order valence-electron chi connectivity index (χ4n) is 2.19. The van der Waals surface area contributed by atoms with E-state index < -0.39 is 11.9 Å². The molecule has 27 heavy (non-hydrogen) atoms. The molecule has 2 heterocycles. The van der Waals surface area contributed by atoms with Gasteiger partial charge in [0.25, 0.3) is 0 Å². The predicted octanol–water partition coefficient (Wildman–Crippen LogP) is 3.64. The van der Waals surface area contributed by atoms with Crippen molar-refractivity contribution in [2.75, 3.05) is 5.32 Å². The van der Waals surface area contributed by atoms with Gasteiger partial charge in [0.2, 0.25) is 5.91 Å². The van der Waals surface area contributed by atoms with Crippen molar-refractivity contribution >= 4 is 23.4 Å². The molecule has 3 rings (SSSR count). The molecule has 1 N–H and O–H groups in total. The molecule has 0 radical (unpaired) electrons. The van der Waals surface area contributed by atoms with Crippen LogP contribution in [0.1, 0.15) is 12.7 Å². The molecule has 1 aromatic carbocycles. The predicted molar refractivity (Wildman–Crippen MR) is 94.9 cm³/mol. The molecule has 0 saturated heterocycles. The van der Waals surface area contributed by atoms with E-state index in [4.69, 9.17) is 4.42 Å². The first kappa shape index (κ1) is 18.9. The van der Waals surface area contributed by atoms with E-state index in [1.807, 2.05) is 6.07 Å². The minimum absolute atomic E-state index is 0.0245. The minimum atomic E-state index is -2.89. The van der Waals surface area contributed by atoms with E-state index in [-0.39, 0.29) is 11.7 Å². The van der Waals surface area contributed by atoms with E-state index in [1.54, 1.807) is 30.1 Å². The van der Waals surface area contributed by atoms with Crippen LogP contribution in [-0.2, 0) is 11.3 Å². The molecule has 0 fully saturated rings. The van der Waals surface area contributed by atoms with E-state index >= 15 is 0 Å². The molecule has 0 aliphatic carbocycles. The third-order valence-electron chi connectivity index (χ3n) is 3.48. The van der Waals surface area contributed by atoms with Crippen molar-refractivity contribution in [2.24, 2.45) is 0 Å². The maximum atomic E-state index is 12.4. The maximum absolute atomic E-state index is 12.4. The first-order chi connectivity index (χ1) is 13.0. The highest BCUT2D eigenvalue weighted by atomic mass is 32.2. The summed E-state index contributed by atoms with van der Waals surface area (Å²) < 4.78 is 35.7. The van der Waals surface area contributed by atoms with Gasteiger partial charge in [-0.1, -0.05) is 11.8 Å². The highest BCUT2D eigenvalue weighted by molar-refractivity contribution is 8.00. The van der Waals surface area contributed by atoms with Crippen LogP contribution in [-0.4, -0.2) is 32.5 Å². The number of halogens is 2. The summed E-state index contributed by atoms with van der Waals surface area (Å²) in [5.41, 5.74) is 0.478. The van der Waals surface area contributed by atoms with Crippen molar-refractivity contribution in [1.82, 2.24) is 14.8 Å². The van der Waals surface area contributed by atoms with Gasteiger partial charge < -0.3 is 19.0 Å². The Bertz CT molecular complexity index is 869. The lowest BCUT2D eigenvalue weighted by atomic mass is 10.3. The molecule has 10 heteroatoms. The molecule has 7 nitrogen and oxygen atoms in total. The van der Waals surface area contributed by atoms with Gasteiger partial charge in [-0.25, -0.2) is 0 Å². The third kappa shape index (κ3) is 5.30. The number of hydrogen-bond acceptors (Lipinski definition) is 6. The van der Waals surface area contributed by atoms with Gasteiger partial charge in [0.15, 0.2) is 5.16 Å². The van der Waals surface area contributed by atoms with Gasteiger partial charge in [0, 0.05) is 5.69 Å². The average Bonchev–Trinajstić information content (AvgIpc) is 3.29. The molecule has 0 bridgehead atoms. The number of rotatable bonds is 8. The van der Waals surface area contributed by atoms with E-state index in [9.17, 15) is 13.6 Å². The van der Waals surface area contributed by atoms with Crippen molar-refractivity contribution in [1.29, 1.82) is 0 Å². The highest BCUT2D eigenvalue weighted by Gasteiger charge is 2.18. The first-order valence-corrected chi connectivity index (χ1v) is 8.82. The third-order valence-corrected chi connectivity index (χ3v) is 4.58. The Morgan fingerprint density at radius 2 is 2.11 bits per heavy atom. The van der Waals surface area contributed by atoms with Crippen LogP contribution in [0.2, 0.25) is 0 Å². The molecule has 142 valence electrons. The SMILES string of the molecule is CC(Sc1nncn1Cc1ccco1)C(=O)Nc1ccc(OC(F)F)cc1. The summed E-state index contributed by atoms with van der Waals surface area (Å²) in [6.07, 6.45) is 3.15. The Morgan fingerprint density at radius 3 is 2.78 bits per heavy atom. The van der Waals surface area contributed by atoms with E-state index in [0.29, 0.717) is 17.4 Å². The molecule has 3 aromatic rings. The lowest BCUT2D eigenvalue weighted by Crippen LogP contribution is -2.23. The van der Waals surface area contributed by atoms with E-state index in [2.05, 4.69) is 20.3 Å². The number of amides is 1. The van der Waals surface area contributed by atoms with Gasteiger partial charge in [-0.05, 0) is 43.3 Å². The van der Waals surface area contributed by atoms with Crippen molar-refractivity contribution in [3.8, 4) is 5.75 Å². The molecule has 0 spiro atoms. The molecule has 1 unspecified atom stereocenters.